The molecule has 1 aliphatic carbocycles. The van der Waals surface area contributed by atoms with E-state index in [-0.39, 0.29) is 23.0 Å². The van der Waals surface area contributed by atoms with Crippen LogP contribution in [0.1, 0.15) is 18.4 Å². The molecule has 4 nitrogen and oxygen atoms in total. The SMILES string of the molecule is C=CCN(C1CC1)S(=O)(=O)c1ccc(F)c(C#N)c1. The van der Waals surface area contributed by atoms with Gasteiger partial charge in [-0.05, 0) is 31.0 Å². The lowest BCUT2D eigenvalue weighted by molar-refractivity contribution is 0.436. The van der Waals surface area contributed by atoms with Crippen molar-refractivity contribution in [2.45, 2.75) is 23.8 Å². The molecule has 6 heteroatoms. The minimum atomic E-state index is -3.71. The van der Waals surface area contributed by atoms with E-state index in [1.54, 1.807) is 6.07 Å². The molecule has 1 aromatic rings. The predicted octanol–water partition coefficient (Wildman–Crippen LogP) is 2.04. The molecule has 0 bridgehead atoms. The summed E-state index contributed by atoms with van der Waals surface area (Å²) in [5.74, 6) is -0.719. The minimum Gasteiger partial charge on any atom is -0.207 e. The lowest BCUT2D eigenvalue weighted by Crippen LogP contribution is -2.33. The third-order valence-corrected chi connectivity index (χ3v) is 4.84. The van der Waals surface area contributed by atoms with E-state index in [1.165, 1.54) is 16.4 Å². The molecule has 0 aliphatic heterocycles. The van der Waals surface area contributed by atoms with Gasteiger partial charge in [-0.15, -0.1) is 6.58 Å². The number of benzene rings is 1. The Labute approximate surface area is 111 Å². The summed E-state index contributed by atoms with van der Waals surface area (Å²) in [6.45, 7) is 3.76. The summed E-state index contributed by atoms with van der Waals surface area (Å²) in [4.78, 5) is -0.0563. The fraction of sp³-hybridized carbons (Fsp3) is 0.308. The van der Waals surface area contributed by atoms with Crippen LogP contribution in [0.3, 0.4) is 0 Å². The molecule has 0 saturated heterocycles. The van der Waals surface area contributed by atoms with Crippen molar-refractivity contribution in [1.82, 2.24) is 4.31 Å². The fourth-order valence-corrected chi connectivity index (χ4v) is 3.50. The third kappa shape index (κ3) is 2.67. The summed E-state index contributed by atoms with van der Waals surface area (Å²) in [6.07, 6.45) is 3.16. The number of nitrogens with zero attached hydrogens (tertiary/aromatic N) is 2. The largest absolute Gasteiger partial charge is 0.243 e. The van der Waals surface area contributed by atoms with Crippen molar-refractivity contribution >= 4 is 10.0 Å². The van der Waals surface area contributed by atoms with E-state index in [4.69, 9.17) is 5.26 Å². The van der Waals surface area contributed by atoms with Crippen molar-refractivity contribution in [2.75, 3.05) is 6.54 Å². The molecule has 1 saturated carbocycles. The molecule has 0 heterocycles. The Morgan fingerprint density at radius 1 is 1.53 bits per heavy atom. The zero-order valence-electron chi connectivity index (χ0n) is 10.2. The van der Waals surface area contributed by atoms with Crippen LogP contribution in [0, 0.1) is 17.1 Å². The van der Waals surface area contributed by atoms with Crippen molar-refractivity contribution < 1.29 is 12.8 Å². The van der Waals surface area contributed by atoms with Crippen LogP contribution < -0.4 is 0 Å². The lowest BCUT2D eigenvalue weighted by Gasteiger charge is -2.20. The maximum Gasteiger partial charge on any atom is 0.243 e. The van der Waals surface area contributed by atoms with Gasteiger partial charge in [0.15, 0.2) is 0 Å². The fourth-order valence-electron chi connectivity index (χ4n) is 1.82. The Balaban J connectivity index is 2.43. The molecule has 1 fully saturated rings. The van der Waals surface area contributed by atoms with Gasteiger partial charge in [0.1, 0.15) is 11.9 Å². The van der Waals surface area contributed by atoms with Crippen molar-refractivity contribution in [3.63, 3.8) is 0 Å². The summed E-state index contributed by atoms with van der Waals surface area (Å²) in [7, 11) is -3.71. The van der Waals surface area contributed by atoms with Gasteiger partial charge in [-0.25, -0.2) is 12.8 Å². The quantitative estimate of drug-likeness (QED) is 0.775. The Bertz CT molecular complexity index is 645. The number of halogens is 1. The molecule has 0 unspecified atom stereocenters. The summed E-state index contributed by atoms with van der Waals surface area (Å²) in [5.41, 5.74) is -0.268. The highest BCUT2D eigenvalue weighted by molar-refractivity contribution is 7.89. The van der Waals surface area contributed by atoms with Crippen LogP contribution in [0.25, 0.3) is 0 Å². The monoisotopic (exact) mass is 280 g/mol. The van der Waals surface area contributed by atoms with Crippen LogP contribution in [0.15, 0.2) is 35.7 Å². The highest BCUT2D eigenvalue weighted by Gasteiger charge is 2.37. The molecule has 0 N–H and O–H groups in total. The Kier molecular flexibility index (Phi) is 3.69. The van der Waals surface area contributed by atoms with Gasteiger partial charge in [-0.2, -0.15) is 9.57 Å². The van der Waals surface area contributed by atoms with Gasteiger partial charge in [0.05, 0.1) is 10.5 Å². The number of nitriles is 1. The second kappa shape index (κ2) is 5.11. The minimum absolute atomic E-state index is 0.0152. The Hall–Kier alpha value is -1.71. The van der Waals surface area contributed by atoms with E-state index < -0.39 is 15.8 Å². The van der Waals surface area contributed by atoms with Crippen molar-refractivity contribution in [3.8, 4) is 6.07 Å². The average Bonchev–Trinajstić information content (AvgIpc) is 3.20. The molecule has 1 aliphatic rings. The van der Waals surface area contributed by atoms with Gasteiger partial charge >= 0.3 is 0 Å². The maximum atomic E-state index is 13.2. The molecule has 0 spiro atoms. The second-order valence-electron chi connectivity index (χ2n) is 4.35. The third-order valence-electron chi connectivity index (χ3n) is 2.93. The zero-order valence-corrected chi connectivity index (χ0v) is 11.0. The topological polar surface area (TPSA) is 61.2 Å². The molecular formula is C13H13FN2O2S. The molecule has 0 radical (unpaired) electrons. The number of hydrogen-bond donors (Lipinski definition) is 0. The van der Waals surface area contributed by atoms with Gasteiger partial charge in [-0.3, -0.25) is 0 Å². The lowest BCUT2D eigenvalue weighted by atomic mass is 10.2. The maximum absolute atomic E-state index is 13.2. The van der Waals surface area contributed by atoms with Crippen molar-refractivity contribution in [1.29, 1.82) is 5.26 Å². The summed E-state index contributed by atoms with van der Waals surface area (Å²) < 4.78 is 39.4. The first-order valence-electron chi connectivity index (χ1n) is 5.83. The number of sulfonamides is 1. The van der Waals surface area contributed by atoms with Crippen LogP contribution >= 0.6 is 0 Å². The average molecular weight is 280 g/mol. The zero-order chi connectivity index (χ0) is 14.0. The molecular weight excluding hydrogens is 267 g/mol. The Morgan fingerprint density at radius 2 is 2.21 bits per heavy atom. The van der Waals surface area contributed by atoms with Crippen molar-refractivity contribution in [3.05, 3.63) is 42.2 Å². The summed E-state index contributed by atoms with van der Waals surface area (Å²) in [5, 5.41) is 8.76. The van der Waals surface area contributed by atoms with Gasteiger partial charge < -0.3 is 0 Å². The van der Waals surface area contributed by atoms with Crippen LogP contribution in [0.2, 0.25) is 0 Å². The van der Waals surface area contributed by atoms with E-state index in [2.05, 4.69) is 6.58 Å². The number of rotatable bonds is 5. The van der Waals surface area contributed by atoms with E-state index in [0.29, 0.717) is 0 Å². The van der Waals surface area contributed by atoms with Crippen LogP contribution in [-0.4, -0.2) is 25.3 Å². The first-order valence-corrected chi connectivity index (χ1v) is 7.27. The molecule has 2 rings (SSSR count). The summed E-state index contributed by atoms with van der Waals surface area (Å²) >= 11 is 0. The molecule has 0 amide bonds. The molecule has 100 valence electrons. The first kappa shape index (κ1) is 13.7. The first-order chi connectivity index (χ1) is 9.00. The van der Waals surface area contributed by atoms with E-state index >= 15 is 0 Å². The van der Waals surface area contributed by atoms with Crippen LogP contribution in [0.5, 0.6) is 0 Å². The Morgan fingerprint density at radius 3 is 2.74 bits per heavy atom. The highest BCUT2D eigenvalue weighted by atomic mass is 32.2. The highest BCUT2D eigenvalue weighted by Crippen LogP contribution is 2.32. The molecule has 0 aromatic heterocycles. The normalized spacial score (nSPS) is 15.2. The van der Waals surface area contributed by atoms with Gasteiger partial charge in [0.2, 0.25) is 10.0 Å². The summed E-state index contributed by atoms with van der Waals surface area (Å²) in [6, 6.07) is 4.89. The predicted molar refractivity (Wildman–Crippen MR) is 68.2 cm³/mol. The second-order valence-corrected chi connectivity index (χ2v) is 6.24. The molecule has 19 heavy (non-hydrogen) atoms. The van der Waals surface area contributed by atoms with Gasteiger partial charge in [-0.1, -0.05) is 6.08 Å². The van der Waals surface area contributed by atoms with E-state index in [0.717, 1.165) is 25.0 Å². The smallest absolute Gasteiger partial charge is 0.207 e. The van der Waals surface area contributed by atoms with Gasteiger partial charge in [0, 0.05) is 12.6 Å². The van der Waals surface area contributed by atoms with Gasteiger partial charge in [0.25, 0.3) is 0 Å². The molecule has 1 aromatic carbocycles. The molecule has 0 atom stereocenters. The van der Waals surface area contributed by atoms with Crippen LogP contribution in [0.4, 0.5) is 4.39 Å². The van der Waals surface area contributed by atoms with Crippen LogP contribution in [-0.2, 0) is 10.0 Å². The number of hydrogen-bond acceptors (Lipinski definition) is 3. The van der Waals surface area contributed by atoms with E-state index in [1.807, 2.05) is 0 Å². The standard InChI is InChI=1S/C13H13FN2O2S/c1-2-7-16(11-3-4-11)19(17,18)12-5-6-13(14)10(8-12)9-15/h2,5-6,8,11H,1,3-4,7H2. The van der Waals surface area contributed by atoms with Crippen molar-refractivity contribution in [2.24, 2.45) is 0 Å². The van der Waals surface area contributed by atoms with E-state index in [9.17, 15) is 12.8 Å².